The highest BCUT2D eigenvalue weighted by atomic mass is 127. The molecule has 2 heterocycles. The van der Waals surface area contributed by atoms with Crippen LogP contribution in [0.1, 0.15) is 32.8 Å². The van der Waals surface area contributed by atoms with Gasteiger partial charge in [-0.2, -0.15) is 0 Å². The Labute approximate surface area is 197 Å². The van der Waals surface area contributed by atoms with Crippen molar-refractivity contribution in [2.45, 2.75) is 39.8 Å². The number of hydrogen-bond acceptors (Lipinski definition) is 4. The number of amides is 1. The van der Waals surface area contributed by atoms with Gasteiger partial charge in [0.2, 0.25) is 5.91 Å². The molecule has 2 aliphatic rings. The fraction of sp³-hybridized carbons (Fsp3) is 0.636. The number of nitrogens with one attached hydrogen (secondary N) is 2. The molecule has 8 heteroatoms. The van der Waals surface area contributed by atoms with Crippen molar-refractivity contribution in [3.63, 3.8) is 0 Å². The molecule has 0 aliphatic carbocycles. The van der Waals surface area contributed by atoms with Gasteiger partial charge in [0.1, 0.15) is 0 Å². The maximum atomic E-state index is 12.2. The van der Waals surface area contributed by atoms with Gasteiger partial charge >= 0.3 is 0 Å². The van der Waals surface area contributed by atoms with Crippen LogP contribution in [0.15, 0.2) is 29.3 Å². The smallest absolute Gasteiger partial charge is 0.225 e. The van der Waals surface area contributed by atoms with E-state index in [1.54, 1.807) is 0 Å². The van der Waals surface area contributed by atoms with Crippen molar-refractivity contribution in [1.29, 1.82) is 0 Å². The van der Waals surface area contributed by atoms with Crippen LogP contribution >= 0.6 is 24.0 Å². The summed E-state index contributed by atoms with van der Waals surface area (Å²) in [4.78, 5) is 21.4. The molecule has 1 amide bonds. The van der Waals surface area contributed by atoms with Crippen LogP contribution in [0.3, 0.4) is 0 Å². The van der Waals surface area contributed by atoms with Crippen LogP contribution in [0.4, 0.5) is 5.69 Å². The monoisotopic (exact) mass is 529 g/mol. The SMILES string of the molecule is CCNC(=NCc1ccccc1N1CCOCC1)NC1CCN(C(=O)C(C)C)C1.I. The summed E-state index contributed by atoms with van der Waals surface area (Å²) >= 11 is 0. The molecule has 1 atom stereocenters. The van der Waals surface area contributed by atoms with E-state index in [9.17, 15) is 4.79 Å². The maximum absolute atomic E-state index is 12.2. The van der Waals surface area contributed by atoms with Gasteiger partial charge < -0.3 is 25.2 Å². The van der Waals surface area contributed by atoms with E-state index in [4.69, 9.17) is 9.73 Å². The van der Waals surface area contributed by atoms with Gasteiger partial charge in [0, 0.05) is 50.4 Å². The average Bonchev–Trinajstić information content (AvgIpc) is 3.21. The summed E-state index contributed by atoms with van der Waals surface area (Å²) < 4.78 is 5.49. The summed E-state index contributed by atoms with van der Waals surface area (Å²) in [6, 6.07) is 8.71. The number of nitrogens with zero attached hydrogens (tertiary/aromatic N) is 3. The number of rotatable bonds is 6. The second-order valence-corrected chi connectivity index (χ2v) is 7.99. The van der Waals surface area contributed by atoms with Crippen LogP contribution in [-0.4, -0.2) is 68.7 Å². The first-order valence-corrected chi connectivity index (χ1v) is 10.8. The molecule has 1 unspecified atom stereocenters. The highest BCUT2D eigenvalue weighted by Gasteiger charge is 2.28. The summed E-state index contributed by atoms with van der Waals surface area (Å²) in [5, 5.41) is 6.87. The van der Waals surface area contributed by atoms with Crippen molar-refractivity contribution in [3.8, 4) is 0 Å². The normalized spacial score (nSPS) is 19.6. The number of para-hydroxylation sites is 1. The molecule has 0 aromatic heterocycles. The molecule has 30 heavy (non-hydrogen) atoms. The second kappa shape index (κ2) is 12.3. The van der Waals surface area contributed by atoms with E-state index < -0.39 is 0 Å². The molecule has 1 aromatic carbocycles. The standard InChI is InChI=1S/C22H35N5O2.HI/c1-4-23-22(25-19-9-10-27(16-19)21(28)17(2)3)24-15-18-7-5-6-8-20(18)26-11-13-29-14-12-26;/h5-8,17,19H,4,9-16H2,1-3H3,(H2,23,24,25);1H. The van der Waals surface area contributed by atoms with Crippen LogP contribution in [0.5, 0.6) is 0 Å². The van der Waals surface area contributed by atoms with Crippen molar-refractivity contribution in [2.75, 3.05) is 50.8 Å². The summed E-state index contributed by atoms with van der Waals surface area (Å²) in [5.41, 5.74) is 2.46. The largest absolute Gasteiger partial charge is 0.378 e. The highest BCUT2D eigenvalue weighted by molar-refractivity contribution is 14.0. The molecule has 7 nitrogen and oxygen atoms in total. The second-order valence-electron chi connectivity index (χ2n) is 7.99. The Morgan fingerprint density at radius 1 is 1.23 bits per heavy atom. The van der Waals surface area contributed by atoms with Gasteiger partial charge in [-0.25, -0.2) is 4.99 Å². The van der Waals surface area contributed by atoms with Crippen LogP contribution < -0.4 is 15.5 Å². The minimum Gasteiger partial charge on any atom is -0.378 e. The fourth-order valence-corrected chi connectivity index (χ4v) is 3.88. The van der Waals surface area contributed by atoms with E-state index in [-0.39, 0.29) is 41.8 Å². The summed E-state index contributed by atoms with van der Waals surface area (Å²) in [5.74, 6) is 1.09. The van der Waals surface area contributed by atoms with E-state index in [0.717, 1.165) is 58.3 Å². The summed E-state index contributed by atoms with van der Waals surface area (Å²) in [7, 11) is 0. The zero-order valence-corrected chi connectivity index (χ0v) is 20.7. The van der Waals surface area contributed by atoms with Gasteiger partial charge in [0.25, 0.3) is 0 Å². The predicted octanol–water partition coefficient (Wildman–Crippen LogP) is 2.45. The molecular formula is C22H36IN5O2. The Bertz CT molecular complexity index is 707. The molecule has 2 fully saturated rings. The van der Waals surface area contributed by atoms with Crippen molar-refractivity contribution >= 4 is 41.5 Å². The lowest BCUT2D eigenvalue weighted by atomic mass is 10.1. The van der Waals surface area contributed by atoms with Gasteiger partial charge in [-0.1, -0.05) is 32.0 Å². The lowest BCUT2D eigenvalue weighted by molar-refractivity contribution is -0.133. The van der Waals surface area contributed by atoms with Crippen molar-refractivity contribution in [2.24, 2.45) is 10.9 Å². The van der Waals surface area contributed by atoms with E-state index in [1.807, 2.05) is 18.7 Å². The number of anilines is 1. The van der Waals surface area contributed by atoms with Gasteiger partial charge in [-0.3, -0.25) is 4.79 Å². The quantitative estimate of drug-likeness (QED) is 0.337. The molecule has 2 N–H and O–H groups in total. The average molecular weight is 529 g/mol. The first kappa shape index (κ1) is 24.7. The lowest BCUT2D eigenvalue weighted by Gasteiger charge is -2.30. The molecule has 2 saturated heterocycles. The van der Waals surface area contributed by atoms with Crippen LogP contribution in [0, 0.1) is 5.92 Å². The number of aliphatic imine (C=N–C) groups is 1. The third-order valence-electron chi connectivity index (χ3n) is 5.43. The van der Waals surface area contributed by atoms with E-state index >= 15 is 0 Å². The van der Waals surface area contributed by atoms with E-state index in [1.165, 1.54) is 11.3 Å². The Morgan fingerprint density at radius 3 is 2.67 bits per heavy atom. The lowest BCUT2D eigenvalue weighted by Crippen LogP contribution is -2.45. The molecule has 0 radical (unpaired) electrons. The molecule has 0 saturated carbocycles. The summed E-state index contributed by atoms with van der Waals surface area (Å²) in [6.45, 7) is 12.3. The molecular weight excluding hydrogens is 493 g/mol. The van der Waals surface area contributed by atoms with Crippen molar-refractivity contribution in [3.05, 3.63) is 29.8 Å². The first-order valence-electron chi connectivity index (χ1n) is 10.8. The maximum Gasteiger partial charge on any atom is 0.225 e. The zero-order valence-electron chi connectivity index (χ0n) is 18.4. The molecule has 0 bridgehead atoms. The number of guanidine groups is 1. The number of morpholine rings is 1. The Balaban J connectivity index is 0.00000320. The van der Waals surface area contributed by atoms with Crippen molar-refractivity contribution in [1.82, 2.24) is 15.5 Å². The minimum atomic E-state index is 0. The predicted molar refractivity (Wildman–Crippen MR) is 133 cm³/mol. The third kappa shape index (κ3) is 6.73. The summed E-state index contributed by atoms with van der Waals surface area (Å²) in [6.07, 6.45) is 0.952. The third-order valence-corrected chi connectivity index (χ3v) is 5.43. The van der Waals surface area contributed by atoms with E-state index in [0.29, 0.717) is 6.54 Å². The Hall–Kier alpha value is -1.55. The Kier molecular flexibility index (Phi) is 10.2. The van der Waals surface area contributed by atoms with Crippen LogP contribution in [0.2, 0.25) is 0 Å². The van der Waals surface area contributed by atoms with Gasteiger partial charge in [-0.15, -0.1) is 24.0 Å². The number of hydrogen-bond donors (Lipinski definition) is 2. The van der Waals surface area contributed by atoms with Gasteiger partial charge in [0.05, 0.1) is 19.8 Å². The number of ether oxygens (including phenoxy) is 1. The van der Waals surface area contributed by atoms with Crippen LogP contribution in [0.25, 0.3) is 0 Å². The number of halogens is 1. The molecule has 168 valence electrons. The minimum absolute atomic E-state index is 0. The zero-order chi connectivity index (χ0) is 20.6. The molecule has 2 aliphatic heterocycles. The van der Waals surface area contributed by atoms with Crippen molar-refractivity contribution < 1.29 is 9.53 Å². The number of carbonyl (C=O) groups excluding carboxylic acids is 1. The topological polar surface area (TPSA) is 69.2 Å². The number of benzene rings is 1. The molecule has 1 aromatic rings. The number of likely N-dealkylation sites (tertiary alicyclic amines) is 1. The highest BCUT2D eigenvalue weighted by Crippen LogP contribution is 2.22. The molecule has 0 spiro atoms. The first-order chi connectivity index (χ1) is 14.1. The van der Waals surface area contributed by atoms with Gasteiger partial charge in [-0.05, 0) is 25.0 Å². The van der Waals surface area contributed by atoms with Gasteiger partial charge in [0.15, 0.2) is 5.96 Å². The molecule has 3 rings (SSSR count). The van der Waals surface area contributed by atoms with Crippen LogP contribution in [-0.2, 0) is 16.1 Å². The van der Waals surface area contributed by atoms with E-state index in [2.05, 4.69) is 46.7 Å². The Morgan fingerprint density at radius 2 is 1.97 bits per heavy atom. The fourth-order valence-electron chi connectivity index (χ4n) is 3.88. The number of carbonyl (C=O) groups is 1.